The number of para-hydroxylation sites is 2. The lowest BCUT2D eigenvalue weighted by Gasteiger charge is -2.26. The van der Waals surface area contributed by atoms with Gasteiger partial charge in [0, 0.05) is 33.5 Å². The van der Waals surface area contributed by atoms with Gasteiger partial charge in [0.1, 0.15) is 0 Å². The summed E-state index contributed by atoms with van der Waals surface area (Å²) in [6, 6.07) is 79.4. The number of rotatable bonds is 6. The Morgan fingerprint density at radius 1 is 0.304 bits per heavy atom. The van der Waals surface area contributed by atoms with Gasteiger partial charge in [-0.3, -0.25) is 0 Å². The van der Waals surface area contributed by atoms with Crippen LogP contribution < -0.4 is 4.90 Å². The Bertz CT molecular complexity index is 3230. The van der Waals surface area contributed by atoms with E-state index in [2.05, 4.69) is 228 Å². The summed E-state index contributed by atoms with van der Waals surface area (Å²) in [5.41, 5.74) is 11.7. The first-order valence-corrected chi connectivity index (χ1v) is 19.3. The number of hydrogen-bond donors (Lipinski definition) is 0. The topological polar surface area (TPSA) is 8.17 Å². The van der Waals surface area contributed by atoms with Gasteiger partial charge >= 0.3 is 0 Å². The fourth-order valence-electron chi connectivity index (χ4n) is 8.84. The average Bonchev–Trinajstić information content (AvgIpc) is 3.62. The molecule has 0 bridgehead atoms. The van der Waals surface area contributed by atoms with Crippen molar-refractivity contribution in [3.05, 3.63) is 218 Å². The number of benzene rings is 10. The minimum atomic E-state index is 1.10. The maximum atomic E-state index is 2.42. The molecular weight excluding hydrogens is 677 g/mol. The Kier molecular flexibility index (Phi) is 7.53. The Morgan fingerprint density at radius 3 is 1.71 bits per heavy atom. The van der Waals surface area contributed by atoms with Crippen LogP contribution in [0.25, 0.3) is 82.1 Å². The van der Waals surface area contributed by atoms with Crippen molar-refractivity contribution in [2.45, 2.75) is 0 Å². The molecule has 0 saturated heterocycles. The Labute approximate surface area is 325 Å². The predicted octanol–water partition coefficient (Wildman–Crippen LogP) is 15.0. The van der Waals surface area contributed by atoms with E-state index in [0.717, 1.165) is 22.7 Å². The number of hydrogen-bond acceptors (Lipinski definition) is 1. The van der Waals surface area contributed by atoms with Gasteiger partial charge in [-0.25, -0.2) is 0 Å². The van der Waals surface area contributed by atoms with Crippen LogP contribution in [0.3, 0.4) is 0 Å². The van der Waals surface area contributed by atoms with E-state index in [0.29, 0.717) is 0 Å². The predicted molar refractivity (Wildman–Crippen MR) is 239 cm³/mol. The summed E-state index contributed by atoms with van der Waals surface area (Å²) < 4.78 is 2.42. The molecule has 0 unspecified atom stereocenters. The van der Waals surface area contributed by atoms with E-state index in [1.54, 1.807) is 0 Å². The highest BCUT2D eigenvalue weighted by molar-refractivity contribution is 6.25. The zero-order valence-electron chi connectivity index (χ0n) is 30.7. The normalized spacial score (nSPS) is 11.6. The van der Waals surface area contributed by atoms with Crippen molar-refractivity contribution in [1.82, 2.24) is 4.57 Å². The first-order chi connectivity index (χ1) is 27.8. The minimum Gasteiger partial charge on any atom is -0.310 e. The average molecular weight is 713 g/mol. The molecule has 0 N–H and O–H groups in total. The first-order valence-electron chi connectivity index (χ1n) is 19.3. The SMILES string of the molecule is c1ccc(N(c2ccc(-c3cc4ccccc4c4ccccc34)cc2)c2cccc(-c3cccc4c3c3c5ccccc5ccc3n4-c3ccccc3)c2)cc1. The third-order valence-corrected chi connectivity index (χ3v) is 11.3. The van der Waals surface area contributed by atoms with Crippen LogP contribution in [0.2, 0.25) is 0 Å². The smallest absolute Gasteiger partial charge is 0.0547 e. The number of fused-ring (bicyclic) bond motifs is 8. The molecule has 2 nitrogen and oxygen atoms in total. The van der Waals surface area contributed by atoms with Gasteiger partial charge in [-0.15, -0.1) is 0 Å². The van der Waals surface area contributed by atoms with Crippen LogP contribution in [-0.4, -0.2) is 4.57 Å². The van der Waals surface area contributed by atoms with Crippen LogP contribution in [0, 0.1) is 0 Å². The summed E-state index contributed by atoms with van der Waals surface area (Å²) in [7, 11) is 0. The maximum Gasteiger partial charge on any atom is 0.0547 e. The summed E-state index contributed by atoms with van der Waals surface area (Å²) in [6.45, 7) is 0. The standard InChI is InChI=1S/C54H36N2/c1-3-18-41(19-4-1)55(43-32-29-38(30-33-43)50-36-40-16-8-9-23-45(40)48-25-11-12-26-49(48)50)44-22-13-17-39(35-44)47-27-14-28-51-54(47)53-46-24-10-7-15-37(46)31-34-52(53)56(51)42-20-5-2-6-21-42/h1-36H. The van der Waals surface area contributed by atoms with Crippen LogP contribution in [0.1, 0.15) is 0 Å². The number of nitrogens with zero attached hydrogens (tertiary/aromatic N) is 2. The van der Waals surface area contributed by atoms with Crippen LogP contribution in [-0.2, 0) is 0 Å². The molecule has 0 saturated carbocycles. The second-order valence-corrected chi connectivity index (χ2v) is 14.5. The lowest BCUT2D eigenvalue weighted by Crippen LogP contribution is -2.09. The maximum absolute atomic E-state index is 2.42. The fraction of sp³-hybridized carbons (Fsp3) is 0. The zero-order chi connectivity index (χ0) is 37.0. The van der Waals surface area contributed by atoms with Crippen molar-refractivity contribution in [2.24, 2.45) is 0 Å². The van der Waals surface area contributed by atoms with Crippen molar-refractivity contribution in [1.29, 1.82) is 0 Å². The Balaban J connectivity index is 1.08. The summed E-state index contributed by atoms with van der Waals surface area (Å²) >= 11 is 0. The summed E-state index contributed by atoms with van der Waals surface area (Å²) in [6.07, 6.45) is 0. The highest BCUT2D eigenvalue weighted by atomic mass is 15.1. The van der Waals surface area contributed by atoms with Gasteiger partial charge in [-0.05, 0) is 121 Å². The van der Waals surface area contributed by atoms with E-state index in [9.17, 15) is 0 Å². The highest BCUT2D eigenvalue weighted by Crippen LogP contribution is 2.44. The summed E-state index contributed by atoms with van der Waals surface area (Å²) in [4.78, 5) is 2.37. The lowest BCUT2D eigenvalue weighted by molar-refractivity contribution is 1.18. The fourth-order valence-corrected chi connectivity index (χ4v) is 8.84. The molecule has 56 heavy (non-hydrogen) atoms. The molecule has 0 aliphatic carbocycles. The van der Waals surface area contributed by atoms with E-state index < -0.39 is 0 Å². The molecule has 262 valence electrons. The number of aromatic nitrogens is 1. The highest BCUT2D eigenvalue weighted by Gasteiger charge is 2.20. The van der Waals surface area contributed by atoms with Gasteiger partial charge < -0.3 is 9.47 Å². The molecule has 11 aromatic rings. The molecule has 0 atom stereocenters. The van der Waals surface area contributed by atoms with Crippen molar-refractivity contribution in [3.63, 3.8) is 0 Å². The molecule has 0 fully saturated rings. The lowest BCUT2D eigenvalue weighted by atomic mass is 9.93. The first kappa shape index (κ1) is 32.0. The second kappa shape index (κ2) is 13.2. The third kappa shape index (κ3) is 5.19. The van der Waals surface area contributed by atoms with E-state index in [1.165, 1.54) is 76.4 Å². The van der Waals surface area contributed by atoms with Crippen molar-refractivity contribution in [2.75, 3.05) is 4.90 Å². The zero-order valence-corrected chi connectivity index (χ0v) is 30.7. The molecule has 10 aromatic carbocycles. The van der Waals surface area contributed by atoms with Gasteiger partial charge in [-0.2, -0.15) is 0 Å². The van der Waals surface area contributed by atoms with Gasteiger partial charge in [0.05, 0.1) is 11.0 Å². The largest absolute Gasteiger partial charge is 0.310 e. The second-order valence-electron chi connectivity index (χ2n) is 14.5. The molecule has 0 aliphatic rings. The number of anilines is 3. The van der Waals surface area contributed by atoms with Crippen molar-refractivity contribution < 1.29 is 0 Å². The Morgan fingerprint density at radius 2 is 0.911 bits per heavy atom. The van der Waals surface area contributed by atoms with Crippen molar-refractivity contribution >= 4 is 71.2 Å². The van der Waals surface area contributed by atoms with Crippen LogP contribution in [0.4, 0.5) is 17.1 Å². The Hall–Kier alpha value is -7.42. The van der Waals surface area contributed by atoms with E-state index in [-0.39, 0.29) is 0 Å². The van der Waals surface area contributed by atoms with Crippen LogP contribution in [0.5, 0.6) is 0 Å². The monoisotopic (exact) mass is 712 g/mol. The van der Waals surface area contributed by atoms with Crippen molar-refractivity contribution in [3.8, 4) is 27.9 Å². The van der Waals surface area contributed by atoms with Gasteiger partial charge in [0.2, 0.25) is 0 Å². The van der Waals surface area contributed by atoms with E-state index >= 15 is 0 Å². The third-order valence-electron chi connectivity index (χ3n) is 11.3. The molecule has 0 aliphatic heterocycles. The molecule has 0 radical (unpaired) electrons. The van der Waals surface area contributed by atoms with E-state index in [4.69, 9.17) is 0 Å². The van der Waals surface area contributed by atoms with Gasteiger partial charge in [0.15, 0.2) is 0 Å². The molecular formula is C54H36N2. The van der Waals surface area contributed by atoms with Crippen LogP contribution >= 0.6 is 0 Å². The van der Waals surface area contributed by atoms with Gasteiger partial charge in [-0.1, -0.05) is 152 Å². The summed E-state index contributed by atoms with van der Waals surface area (Å²) in [5, 5.41) is 10.1. The minimum absolute atomic E-state index is 1.10. The quantitative estimate of drug-likeness (QED) is 0.156. The molecule has 2 heteroatoms. The van der Waals surface area contributed by atoms with Crippen LogP contribution in [0.15, 0.2) is 218 Å². The van der Waals surface area contributed by atoms with E-state index in [1.807, 2.05) is 0 Å². The molecule has 1 aromatic heterocycles. The molecule has 0 amide bonds. The summed E-state index contributed by atoms with van der Waals surface area (Å²) in [5.74, 6) is 0. The molecule has 0 spiro atoms. The molecule has 1 heterocycles. The molecule has 11 rings (SSSR count). The van der Waals surface area contributed by atoms with Gasteiger partial charge in [0.25, 0.3) is 0 Å².